The molecular formula is C7H7NO2S2. The summed E-state index contributed by atoms with van der Waals surface area (Å²) in [6.45, 7) is 0. The second-order valence-electron chi connectivity index (χ2n) is 1.87. The van der Waals surface area contributed by atoms with E-state index in [9.17, 15) is 4.79 Å². The van der Waals surface area contributed by atoms with E-state index in [0.717, 1.165) is 16.0 Å². The Morgan fingerprint density at radius 3 is 2.58 bits per heavy atom. The number of carbonyl (C=O) groups excluding carboxylic acids is 1. The molecule has 5 heteroatoms. The molecule has 12 heavy (non-hydrogen) atoms. The van der Waals surface area contributed by atoms with E-state index >= 15 is 0 Å². The first-order valence-electron chi connectivity index (χ1n) is 3.15. The highest BCUT2D eigenvalue weighted by Crippen LogP contribution is 2.30. The highest BCUT2D eigenvalue weighted by atomic mass is 33.1. The van der Waals surface area contributed by atoms with Crippen molar-refractivity contribution in [3.05, 3.63) is 30.3 Å². The molecule has 0 fully saturated rings. The summed E-state index contributed by atoms with van der Waals surface area (Å²) in [4.78, 5) is 11.2. The number of amides is 1. The second kappa shape index (κ2) is 4.95. The number of benzene rings is 1. The number of hydrogen-bond donors (Lipinski definition) is 1. The Morgan fingerprint density at radius 2 is 2.00 bits per heavy atom. The zero-order chi connectivity index (χ0) is 8.81. The Labute approximate surface area is 78.3 Å². The van der Waals surface area contributed by atoms with E-state index in [0.29, 0.717) is 0 Å². The van der Waals surface area contributed by atoms with Crippen LogP contribution in [0.5, 0.6) is 0 Å². The standard InChI is InChI=1S/C7H7NO2S2/c8-7(9)10-12-11-6-4-2-1-3-5-6/h1-5H,(H2,8,9). The molecule has 0 aliphatic rings. The summed E-state index contributed by atoms with van der Waals surface area (Å²) in [5.74, 6) is 0. The molecule has 0 saturated heterocycles. The average Bonchev–Trinajstić information content (AvgIpc) is 2.05. The lowest BCUT2D eigenvalue weighted by Crippen LogP contribution is -2.07. The van der Waals surface area contributed by atoms with E-state index in [-0.39, 0.29) is 0 Å². The molecule has 0 bridgehead atoms. The third kappa shape index (κ3) is 3.54. The summed E-state index contributed by atoms with van der Waals surface area (Å²) >= 11 is 0.957. The normalized spacial score (nSPS) is 9.33. The van der Waals surface area contributed by atoms with Crippen LogP contribution < -0.4 is 5.73 Å². The van der Waals surface area contributed by atoms with Crippen LogP contribution in [0.4, 0.5) is 4.79 Å². The van der Waals surface area contributed by atoms with Gasteiger partial charge in [0.25, 0.3) is 0 Å². The van der Waals surface area contributed by atoms with Gasteiger partial charge in [-0.05, 0) is 22.9 Å². The molecule has 0 spiro atoms. The van der Waals surface area contributed by atoms with Crippen LogP contribution >= 0.6 is 21.9 Å². The van der Waals surface area contributed by atoms with Gasteiger partial charge < -0.3 is 9.92 Å². The van der Waals surface area contributed by atoms with E-state index in [4.69, 9.17) is 5.73 Å². The van der Waals surface area contributed by atoms with Gasteiger partial charge in [0.1, 0.15) is 11.1 Å². The van der Waals surface area contributed by atoms with Crippen molar-refractivity contribution in [1.82, 2.24) is 0 Å². The van der Waals surface area contributed by atoms with Crippen molar-refractivity contribution in [1.29, 1.82) is 0 Å². The zero-order valence-electron chi connectivity index (χ0n) is 6.10. The third-order valence-corrected chi connectivity index (χ3v) is 2.74. The van der Waals surface area contributed by atoms with E-state index in [1.165, 1.54) is 10.8 Å². The topological polar surface area (TPSA) is 52.3 Å². The summed E-state index contributed by atoms with van der Waals surface area (Å²) in [6, 6.07) is 9.58. The van der Waals surface area contributed by atoms with Gasteiger partial charge in [-0.1, -0.05) is 18.2 Å². The lowest BCUT2D eigenvalue weighted by molar-refractivity contribution is 0.219. The van der Waals surface area contributed by atoms with Crippen molar-refractivity contribution in [3.63, 3.8) is 0 Å². The molecule has 1 aromatic rings. The van der Waals surface area contributed by atoms with Crippen LogP contribution in [0.25, 0.3) is 0 Å². The first-order valence-corrected chi connectivity index (χ1v) is 5.22. The maximum Gasteiger partial charge on any atom is 0.417 e. The molecule has 1 rings (SSSR count). The highest BCUT2D eigenvalue weighted by Gasteiger charge is 1.97. The molecule has 0 unspecified atom stereocenters. The van der Waals surface area contributed by atoms with Gasteiger partial charge in [0, 0.05) is 4.90 Å². The molecule has 2 N–H and O–H groups in total. The fourth-order valence-electron chi connectivity index (χ4n) is 0.566. The Bertz CT molecular complexity index is 253. The van der Waals surface area contributed by atoms with Gasteiger partial charge in [0.15, 0.2) is 0 Å². The summed E-state index contributed by atoms with van der Waals surface area (Å²) in [6.07, 6.45) is -0.775. The minimum Gasteiger partial charge on any atom is -0.363 e. The van der Waals surface area contributed by atoms with Crippen LogP contribution in [-0.2, 0) is 4.18 Å². The lowest BCUT2D eigenvalue weighted by Gasteiger charge is -1.97. The minimum atomic E-state index is -0.775. The van der Waals surface area contributed by atoms with Crippen molar-refractivity contribution >= 4 is 28.0 Å². The Balaban J connectivity index is 2.29. The van der Waals surface area contributed by atoms with Gasteiger partial charge in [0.05, 0.1) is 0 Å². The molecule has 0 aliphatic carbocycles. The fraction of sp³-hybridized carbons (Fsp3) is 0. The molecule has 3 nitrogen and oxygen atoms in total. The molecule has 0 aliphatic heterocycles. The number of primary amides is 1. The molecule has 1 aromatic carbocycles. The van der Waals surface area contributed by atoms with Crippen LogP contribution in [0.15, 0.2) is 35.2 Å². The molecule has 0 saturated carbocycles. The van der Waals surface area contributed by atoms with E-state index in [1.807, 2.05) is 30.3 Å². The van der Waals surface area contributed by atoms with Gasteiger partial charge in [-0.3, -0.25) is 0 Å². The number of nitrogens with two attached hydrogens (primary N) is 1. The Morgan fingerprint density at radius 1 is 1.33 bits per heavy atom. The van der Waals surface area contributed by atoms with Crippen molar-refractivity contribution in [2.24, 2.45) is 5.73 Å². The number of carbonyl (C=O) groups is 1. The monoisotopic (exact) mass is 201 g/mol. The first-order chi connectivity index (χ1) is 5.79. The van der Waals surface area contributed by atoms with Gasteiger partial charge in [0.2, 0.25) is 0 Å². The summed E-state index contributed by atoms with van der Waals surface area (Å²) in [7, 11) is 1.34. The van der Waals surface area contributed by atoms with Gasteiger partial charge >= 0.3 is 6.09 Å². The summed E-state index contributed by atoms with van der Waals surface area (Å²) in [5, 5.41) is 0. The van der Waals surface area contributed by atoms with E-state index in [1.54, 1.807) is 0 Å². The fourth-order valence-corrected chi connectivity index (χ4v) is 1.89. The van der Waals surface area contributed by atoms with Crippen LogP contribution in [0, 0.1) is 0 Å². The lowest BCUT2D eigenvalue weighted by atomic mass is 10.4. The number of rotatable bonds is 3. The molecule has 0 atom stereocenters. The zero-order valence-corrected chi connectivity index (χ0v) is 7.73. The van der Waals surface area contributed by atoms with Crippen LogP contribution in [0.3, 0.4) is 0 Å². The van der Waals surface area contributed by atoms with E-state index in [2.05, 4.69) is 4.18 Å². The quantitative estimate of drug-likeness (QED) is 0.602. The molecule has 0 radical (unpaired) electrons. The van der Waals surface area contributed by atoms with Crippen LogP contribution in [0.2, 0.25) is 0 Å². The molecule has 64 valence electrons. The summed E-state index contributed by atoms with van der Waals surface area (Å²) in [5.41, 5.74) is 4.76. The van der Waals surface area contributed by atoms with Gasteiger partial charge in [-0.2, -0.15) is 0 Å². The van der Waals surface area contributed by atoms with Gasteiger partial charge in [-0.25, -0.2) is 4.79 Å². The largest absolute Gasteiger partial charge is 0.417 e. The highest BCUT2D eigenvalue weighted by molar-refractivity contribution is 8.75. The maximum absolute atomic E-state index is 10.2. The molecule has 1 amide bonds. The first kappa shape index (κ1) is 9.28. The SMILES string of the molecule is NC(=O)OSSc1ccccc1. The predicted molar refractivity (Wildman–Crippen MR) is 50.6 cm³/mol. The molecule has 0 heterocycles. The Hall–Kier alpha value is -0.810. The van der Waals surface area contributed by atoms with Crippen LogP contribution in [-0.4, -0.2) is 6.09 Å². The van der Waals surface area contributed by atoms with E-state index < -0.39 is 6.09 Å². The summed E-state index contributed by atoms with van der Waals surface area (Å²) < 4.78 is 4.46. The molecule has 0 aromatic heterocycles. The van der Waals surface area contributed by atoms with Crippen LogP contribution in [0.1, 0.15) is 0 Å². The van der Waals surface area contributed by atoms with Crippen molar-refractivity contribution in [3.8, 4) is 0 Å². The Kier molecular flexibility index (Phi) is 3.83. The average molecular weight is 201 g/mol. The predicted octanol–water partition coefficient (Wildman–Crippen LogP) is 2.44. The number of hydrogen-bond acceptors (Lipinski definition) is 4. The van der Waals surface area contributed by atoms with Crippen molar-refractivity contribution in [2.45, 2.75) is 4.90 Å². The van der Waals surface area contributed by atoms with Crippen molar-refractivity contribution < 1.29 is 8.98 Å². The maximum atomic E-state index is 10.2. The van der Waals surface area contributed by atoms with Crippen molar-refractivity contribution in [2.75, 3.05) is 0 Å². The second-order valence-corrected chi connectivity index (χ2v) is 3.72. The third-order valence-electron chi connectivity index (χ3n) is 0.990. The smallest absolute Gasteiger partial charge is 0.363 e. The van der Waals surface area contributed by atoms with Gasteiger partial charge in [-0.15, -0.1) is 0 Å². The molecular weight excluding hydrogens is 194 g/mol. The minimum absolute atomic E-state index is 0.775.